The van der Waals surface area contributed by atoms with Crippen LogP contribution in [0.3, 0.4) is 0 Å². The SMILES string of the molecule is Cc1ccnc(Cc2ccccc2)c1O. The number of hydrogen-bond acceptors (Lipinski definition) is 2. The topological polar surface area (TPSA) is 33.1 Å². The molecule has 0 radical (unpaired) electrons. The Bertz CT molecular complexity index is 451. The van der Waals surface area contributed by atoms with Crippen molar-refractivity contribution in [3.05, 3.63) is 59.4 Å². The maximum Gasteiger partial charge on any atom is 0.140 e. The minimum atomic E-state index is 0.307. The molecule has 1 heterocycles. The second-order valence-corrected chi connectivity index (χ2v) is 3.59. The van der Waals surface area contributed by atoms with E-state index in [0.29, 0.717) is 12.2 Å². The van der Waals surface area contributed by atoms with E-state index in [1.165, 1.54) is 0 Å². The van der Waals surface area contributed by atoms with E-state index in [2.05, 4.69) is 4.98 Å². The third-order valence-corrected chi connectivity index (χ3v) is 2.42. The third kappa shape index (κ3) is 2.15. The van der Waals surface area contributed by atoms with Crippen LogP contribution in [-0.4, -0.2) is 10.1 Å². The number of rotatable bonds is 2. The molecule has 0 fully saturated rings. The second kappa shape index (κ2) is 4.13. The zero-order valence-electron chi connectivity index (χ0n) is 8.64. The molecule has 2 nitrogen and oxygen atoms in total. The molecular formula is C13H13NO. The van der Waals surface area contributed by atoms with E-state index in [1.54, 1.807) is 6.20 Å². The van der Waals surface area contributed by atoms with Crippen molar-refractivity contribution in [1.82, 2.24) is 4.98 Å². The third-order valence-electron chi connectivity index (χ3n) is 2.42. The van der Waals surface area contributed by atoms with Gasteiger partial charge in [0.2, 0.25) is 0 Å². The van der Waals surface area contributed by atoms with Gasteiger partial charge in [-0.05, 0) is 24.1 Å². The molecule has 0 bridgehead atoms. The van der Waals surface area contributed by atoms with Gasteiger partial charge in [0.05, 0.1) is 5.69 Å². The lowest BCUT2D eigenvalue weighted by Gasteiger charge is -2.05. The zero-order valence-corrected chi connectivity index (χ0v) is 8.64. The van der Waals surface area contributed by atoms with Crippen LogP contribution in [0.2, 0.25) is 0 Å². The van der Waals surface area contributed by atoms with Crippen molar-refractivity contribution in [2.75, 3.05) is 0 Å². The molecule has 2 aromatic rings. The first kappa shape index (κ1) is 9.71. The lowest BCUT2D eigenvalue weighted by molar-refractivity contribution is 0.461. The van der Waals surface area contributed by atoms with Crippen molar-refractivity contribution in [2.45, 2.75) is 13.3 Å². The molecule has 0 saturated carbocycles. The Morgan fingerprint density at radius 3 is 2.60 bits per heavy atom. The van der Waals surface area contributed by atoms with Gasteiger partial charge >= 0.3 is 0 Å². The highest BCUT2D eigenvalue weighted by Gasteiger charge is 2.05. The van der Waals surface area contributed by atoms with Crippen molar-refractivity contribution >= 4 is 0 Å². The van der Waals surface area contributed by atoms with Crippen LogP contribution in [0.4, 0.5) is 0 Å². The number of aromatic nitrogens is 1. The number of pyridine rings is 1. The molecule has 0 spiro atoms. The van der Waals surface area contributed by atoms with Crippen molar-refractivity contribution in [1.29, 1.82) is 0 Å². The van der Waals surface area contributed by atoms with Gasteiger partial charge in [0.25, 0.3) is 0 Å². The van der Waals surface area contributed by atoms with Crippen LogP contribution in [0.15, 0.2) is 42.6 Å². The fourth-order valence-corrected chi connectivity index (χ4v) is 1.53. The molecule has 1 aromatic carbocycles. The molecule has 0 unspecified atom stereocenters. The lowest BCUT2D eigenvalue weighted by Crippen LogP contribution is -1.93. The maximum atomic E-state index is 9.80. The molecule has 0 aliphatic heterocycles. The van der Waals surface area contributed by atoms with Crippen LogP contribution >= 0.6 is 0 Å². The van der Waals surface area contributed by atoms with Crippen LogP contribution in [0.1, 0.15) is 16.8 Å². The van der Waals surface area contributed by atoms with Crippen molar-refractivity contribution in [3.8, 4) is 5.75 Å². The Balaban J connectivity index is 2.29. The van der Waals surface area contributed by atoms with E-state index in [1.807, 2.05) is 43.3 Å². The number of benzene rings is 1. The predicted octanol–water partition coefficient (Wildman–Crippen LogP) is 2.69. The van der Waals surface area contributed by atoms with E-state index in [0.717, 1.165) is 16.8 Å². The van der Waals surface area contributed by atoms with Crippen LogP contribution in [0.25, 0.3) is 0 Å². The zero-order chi connectivity index (χ0) is 10.7. The van der Waals surface area contributed by atoms with Crippen LogP contribution in [-0.2, 0) is 6.42 Å². The monoisotopic (exact) mass is 199 g/mol. The van der Waals surface area contributed by atoms with Gasteiger partial charge in [-0.3, -0.25) is 4.98 Å². The summed E-state index contributed by atoms with van der Waals surface area (Å²) < 4.78 is 0. The van der Waals surface area contributed by atoms with Crippen LogP contribution in [0, 0.1) is 6.92 Å². The molecule has 0 aliphatic rings. The summed E-state index contributed by atoms with van der Waals surface area (Å²) >= 11 is 0. The second-order valence-electron chi connectivity index (χ2n) is 3.59. The molecule has 76 valence electrons. The minimum Gasteiger partial charge on any atom is -0.506 e. The smallest absolute Gasteiger partial charge is 0.140 e. The summed E-state index contributed by atoms with van der Waals surface area (Å²) in [5, 5.41) is 9.80. The Morgan fingerprint density at radius 2 is 1.87 bits per heavy atom. The maximum absolute atomic E-state index is 9.80. The Hall–Kier alpha value is -1.83. The van der Waals surface area contributed by atoms with Crippen LogP contribution < -0.4 is 0 Å². The van der Waals surface area contributed by atoms with Crippen LogP contribution in [0.5, 0.6) is 5.75 Å². The Labute approximate surface area is 89.2 Å². The molecule has 1 aromatic heterocycles. The average Bonchev–Trinajstić information content (AvgIpc) is 2.26. The van der Waals surface area contributed by atoms with Gasteiger partial charge in [-0.1, -0.05) is 30.3 Å². The van der Waals surface area contributed by atoms with E-state index >= 15 is 0 Å². The van der Waals surface area contributed by atoms with Gasteiger partial charge in [0, 0.05) is 12.6 Å². The molecule has 0 amide bonds. The van der Waals surface area contributed by atoms with Gasteiger partial charge in [-0.25, -0.2) is 0 Å². The first-order valence-corrected chi connectivity index (χ1v) is 4.95. The van der Waals surface area contributed by atoms with E-state index < -0.39 is 0 Å². The van der Waals surface area contributed by atoms with Gasteiger partial charge in [0.15, 0.2) is 0 Å². The molecule has 0 aliphatic carbocycles. The standard InChI is InChI=1S/C13H13NO/c1-10-7-8-14-12(13(10)15)9-11-5-3-2-4-6-11/h2-8,15H,9H2,1H3. The fraction of sp³-hybridized carbons (Fsp3) is 0.154. The van der Waals surface area contributed by atoms with Gasteiger partial charge in [0.1, 0.15) is 5.75 Å². The van der Waals surface area contributed by atoms with E-state index in [4.69, 9.17) is 0 Å². The summed E-state index contributed by atoms with van der Waals surface area (Å²) in [5.74, 6) is 0.307. The first-order valence-electron chi connectivity index (χ1n) is 4.95. The van der Waals surface area contributed by atoms with Gasteiger partial charge in [-0.15, -0.1) is 0 Å². The molecule has 1 N–H and O–H groups in total. The van der Waals surface area contributed by atoms with Gasteiger partial charge in [-0.2, -0.15) is 0 Å². The molecular weight excluding hydrogens is 186 g/mol. The number of aryl methyl sites for hydroxylation is 1. The van der Waals surface area contributed by atoms with E-state index in [-0.39, 0.29) is 0 Å². The van der Waals surface area contributed by atoms with Crippen molar-refractivity contribution in [3.63, 3.8) is 0 Å². The minimum absolute atomic E-state index is 0.307. The highest BCUT2D eigenvalue weighted by atomic mass is 16.3. The lowest BCUT2D eigenvalue weighted by atomic mass is 10.1. The highest BCUT2D eigenvalue weighted by molar-refractivity contribution is 5.37. The summed E-state index contributed by atoms with van der Waals surface area (Å²) in [7, 11) is 0. The quantitative estimate of drug-likeness (QED) is 0.806. The summed E-state index contributed by atoms with van der Waals surface area (Å²) in [6.45, 7) is 1.88. The molecule has 2 heteroatoms. The fourth-order valence-electron chi connectivity index (χ4n) is 1.53. The van der Waals surface area contributed by atoms with Gasteiger partial charge < -0.3 is 5.11 Å². The largest absolute Gasteiger partial charge is 0.506 e. The number of nitrogens with zero attached hydrogens (tertiary/aromatic N) is 1. The summed E-state index contributed by atoms with van der Waals surface area (Å²) in [6, 6.07) is 11.8. The molecule has 15 heavy (non-hydrogen) atoms. The molecule has 2 rings (SSSR count). The summed E-state index contributed by atoms with van der Waals surface area (Å²) in [5.41, 5.74) is 2.77. The van der Waals surface area contributed by atoms with Crippen molar-refractivity contribution < 1.29 is 5.11 Å². The average molecular weight is 199 g/mol. The number of aromatic hydroxyl groups is 1. The van der Waals surface area contributed by atoms with E-state index in [9.17, 15) is 5.11 Å². The van der Waals surface area contributed by atoms with Crippen molar-refractivity contribution in [2.24, 2.45) is 0 Å². The summed E-state index contributed by atoms with van der Waals surface area (Å²) in [6.07, 6.45) is 2.40. The summed E-state index contributed by atoms with van der Waals surface area (Å²) in [4.78, 5) is 4.18. The number of hydrogen-bond donors (Lipinski definition) is 1. The molecule has 0 atom stereocenters. The molecule has 0 saturated heterocycles. The Morgan fingerprint density at radius 1 is 1.13 bits per heavy atom. The normalized spacial score (nSPS) is 10.2. The predicted molar refractivity (Wildman–Crippen MR) is 59.9 cm³/mol. The Kier molecular flexibility index (Phi) is 2.68. The highest BCUT2D eigenvalue weighted by Crippen LogP contribution is 2.21. The first-order chi connectivity index (χ1) is 7.27.